The molecule has 0 bridgehead atoms. The molecule has 1 saturated heterocycles. The fourth-order valence-corrected chi connectivity index (χ4v) is 6.20. The third-order valence-corrected chi connectivity index (χ3v) is 7.76. The molecule has 0 saturated carbocycles. The topological polar surface area (TPSA) is 46.6 Å². The van der Waals surface area contributed by atoms with Crippen LogP contribution in [0.5, 0.6) is 5.75 Å². The van der Waals surface area contributed by atoms with Gasteiger partial charge in [0.05, 0.1) is 5.75 Å². The Morgan fingerprint density at radius 1 is 1.03 bits per heavy atom. The zero-order valence-electron chi connectivity index (χ0n) is 17.7. The van der Waals surface area contributed by atoms with Crippen molar-refractivity contribution in [2.45, 2.75) is 40.8 Å². The molecule has 174 valence electrons. The predicted molar refractivity (Wildman–Crippen MR) is 133 cm³/mol. The third-order valence-electron chi connectivity index (χ3n) is 6.21. The Morgan fingerprint density at radius 2 is 1.69 bits per heavy atom. The van der Waals surface area contributed by atoms with Crippen LogP contribution in [0.3, 0.4) is 0 Å². The Labute approximate surface area is 209 Å². The summed E-state index contributed by atoms with van der Waals surface area (Å²) in [6.07, 6.45) is 4.92. The van der Waals surface area contributed by atoms with Gasteiger partial charge in [-0.15, -0.1) is 0 Å². The van der Waals surface area contributed by atoms with Gasteiger partial charge in [0.25, 0.3) is 0 Å². The number of halogens is 4. The number of hydrogen-bond donors (Lipinski definition) is 0. The molecule has 2 aliphatic rings. The highest BCUT2D eigenvalue weighted by atomic mass is 35.6. The summed E-state index contributed by atoms with van der Waals surface area (Å²) in [6.45, 7) is 2.12. The van der Waals surface area contributed by atoms with Gasteiger partial charge >= 0.3 is 0 Å². The number of alkyl halides is 3. The van der Waals surface area contributed by atoms with Gasteiger partial charge < -0.3 is 4.74 Å². The first-order valence-corrected chi connectivity index (χ1v) is 14.1. The molecule has 2 aromatic rings. The van der Waals surface area contributed by atoms with E-state index < -0.39 is 13.6 Å². The van der Waals surface area contributed by atoms with Crippen molar-refractivity contribution in [1.29, 1.82) is 0 Å². The van der Waals surface area contributed by atoms with Crippen molar-refractivity contribution in [3.05, 3.63) is 52.5 Å². The number of fused-ring (bicyclic) bond motifs is 1. The Bertz CT molecular complexity index is 1110. The van der Waals surface area contributed by atoms with Gasteiger partial charge in [0, 0.05) is 30.9 Å². The van der Waals surface area contributed by atoms with Crippen LogP contribution < -0.4 is 4.74 Å². The molecule has 4 rings (SSSR count). The van der Waals surface area contributed by atoms with Crippen molar-refractivity contribution in [2.75, 3.05) is 25.9 Å². The molecule has 0 aliphatic carbocycles. The second-order valence-corrected chi connectivity index (χ2v) is 13.9. The van der Waals surface area contributed by atoms with Gasteiger partial charge in [0.2, 0.25) is 3.79 Å². The molecule has 4 nitrogen and oxygen atoms in total. The van der Waals surface area contributed by atoms with Crippen molar-refractivity contribution >= 4 is 56.2 Å². The molecule has 0 radical (unpaired) electrons. The van der Waals surface area contributed by atoms with E-state index in [0.29, 0.717) is 17.1 Å². The summed E-state index contributed by atoms with van der Waals surface area (Å²) < 4.78 is 28.4. The molecule has 2 heterocycles. The van der Waals surface area contributed by atoms with E-state index in [-0.39, 0.29) is 11.4 Å². The zero-order valence-corrected chi connectivity index (χ0v) is 21.6. The van der Waals surface area contributed by atoms with Crippen LogP contribution in [0.1, 0.15) is 30.4 Å². The lowest BCUT2D eigenvalue weighted by atomic mass is 9.82. The second-order valence-electron chi connectivity index (χ2n) is 8.88. The van der Waals surface area contributed by atoms with Gasteiger partial charge in [-0.1, -0.05) is 64.6 Å². The van der Waals surface area contributed by atoms with Crippen LogP contribution in [0, 0.1) is 0 Å². The highest BCUT2D eigenvalue weighted by Crippen LogP contribution is 2.41. The number of rotatable bonds is 4. The van der Waals surface area contributed by atoms with Crippen LogP contribution in [0.15, 0.2) is 36.4 Å². The number of benzene rings is 2. The van der Waals surface area contributed by atoms with Gasteiger partial charge in [-0.3, -0.25) is 4.90 Å². The number of sulfone groups is 1. The fourth-order valence-electron chi connectivity index (χ4n) is 4.55. The van der Waals surface area contributed by atoms with E-state index in [0.717, 1.165) is 55.6 Å². The van der Waals surface area contributed by atoms with E-state index in [2.05, 4.69) is 11.0 Å². The molecular weight excluding hydrogens is 512 g/mol. The molecule has 0 unspecified atom stereocenters. The van der Waals surface area contributed by atoms with E-state index in [1.54, 1.807) is 6.07 Å². The standard InChI is InChI=1S/C23H25Cl4NO3S/c1-32(29,30)14-19-3-2-17(13-20(19)24)16-4-5-21-18(12-16)6-7-22(31-21)8-10-28(11-9-22)15-23(25,26)27/h2-5,12-13H,6-11,14-15H2,1H3. The van der Waals surface area contributed by atoms with Gasteiger partial charge in [-0.05, 0) is 66.1 Å². The van der Waals surface area contributed by atoms with Crippen LogP contribution in [-0.2, 0) is 22.0 Å². The molecule has 1 fully saturated rings. The smallest absolute Gasteiger partial charge is 0.203 e. The SMILES string of the molecule is CS(=O)(=O)Cc1ccc(-c2ccc3c(c2)CCC2(CCN(CC(Cl)(Cl)Cl)CC2)O3)cc1Cl. The van der Waals surface area contributed by atoms with E-state index in [1.165, 1.54) is 11.8 Å². The number of likely N-dealkylation sites (tertiary alicyclic amines) is 1. The highest BCUT2D eigenvalue weighted by Gasteiger charge is 2.40. The lowest BCUT2D eigenvalue weighted by Gasteiger charge is -2.45. The molecule has 32 heavy (non-hydrogen) atoms. The van der Waals surface area contributed by atoms with Gasteiger partial charge in [-0.25, -0.2) is 8.42 Å². The number of aryl methyl sites for hydroxylation is 1. The first-order chi connectivity index (χ1) is 14.9. The van der Waals surface area contributed by atoms with Crippen LogP contribution in [0.25, 0.3) is 11.1 Å². The van der Waals surface area contributed by atoms with Gasteiger partial charge in [0.15, 0.2) is 9.84 Å². The first kappa shape index (κ1) is 24.4. The highest BCUT2D eigenvalue weighted by molar-refractivity contribution is 7.89. The zero-order chi connectivity index (χ0) is 23.1. The number of nitrogens with zero attached hydrogens (tertiary/aromatic N) is 1. The molecule has 1 spiro atoms. The summed E-state index contributed by atoms with van der Waals surface area (Å²) in [7, 11) is -3.14. The lowest BCUT2D eigenvalue weighted by molar-refractivity contribution is -0.0139. The molecule has 2 aromatic carbocycles. The summed E-state index contributed by atoms with van der Waals surface area (Å²) in [5.41, 5.74) is 3.62. The maximum atomic E-state index is 11.6. The van der Waals surface area contributed by atoms with E-state index in [9.17, 15) is 8.42 Å². The Balaban J connectivity index is 1.47. The molecule has 9 heteroatoms. The van der Waals surface area contributed by atoms with Crippen LogP contribution in [0.4, 0.5) is 0 Å². The third kappa shape index (κ3) is 6.05. The number of piperidine rings is 1. The molecule has 0 atom stereocenters. The Hall–Kier alpha value is -0.690. The van der Waals surface area contributed by atoms with E-state index in [4.69, 9.17) is 51.1 Å². The van der Waals surface area contributed by atoms with E-state index >= 15 is 0 Å². The van der Waals surface area contributed by atoms with Crippen molar-refractivity contribution in [2.24, 2.45) is 0 Å². The monoisotopic (exact) mass is 535 g/mol. The maximum Gasteiger partial charge on any atom is 0.203 e. The van der Waals surface area contributed by atoms with Crippen LogP contribution >= 0.6 is 46.4 Å². The molecule has 0 N–H and O–H groups in total. The maximum absolute atomic E-state index is 11.6. The lowest BCUT2D eigenvalue weighted by Crippen LogP contribution is -2.51. The molecule has 0 amide bonds. The predicted octanol–water partition coefficient (Wildman–Crippen LogP) is 6.08. The van der Waals surface area contributed by atoms with Crippen molar-refractivity contribution in [3.63, 3.8) is 0 Å². The number of ether oxygens (including phenoxy) is 1. The summed E-state index contributed by atoms with van der Waals surface area (Å²) in [5.74, 6) is 0.861. The average molecular weight is 537 g/mol. The minimum Gasteiger partial charge on any atom is -0.487 e. The second kappa shape index (κ2) is 9.16. The minimum absolute atomic E-state index is 0.0642. The molecular formula is C23H25Cl4NO3S. The molecule has 0 aromatic heterocycles. The summed E-state index contributed by atoms with van der Waals surface area (Å²) in [4.78, 5) is 2.18. The largest absolute Gasteiger partial charge is 0.487 e. The van der Waals surface area contributed by atoms with Crippen LogP contribution in [0.2, 0.25) is 5.02 Å². The minimum atomic E-state index is -3.14. The van der Waals surface area contributed by atoms with Crippen molar-refractivity contribution < 1.29 is 13.2 Å². The Kier molecular flexibility index (Phi) is 7.00. The fraction of sp³-hybridized carbons (Fsp3) is 0.478. The summed E-state index contributed by atoms with van der Waals surface area (Å²) >= 11 is 24.2. The average Bonchev–Trinajstić information content (AvgIpc) is 2.69. The number of hydrogen-bond acceptors (Lipinski definition) is 4. The van der Waals surface area contributed by atoms with E-state index in [1.807, 2.05) is 24.3 Å². The van der Waals surface area contributed by atoms with Crippen molar-refractivity contribution in [1.82, 2.24) is 4.90 Å². The molecule has 2 aliphatic heterocycles. The van der Waals surface area contributed by atoms with Gasteiger partial charge in [0.1, 0.15) is 11.4 Å². The normalized spacial score (nSPS) is 18.9. The quantitative estimate of drug-likeness (QED) is 0.444. The van der Waals surface area contributed by atoms with Crippen LogP contribution in [-0.4, -0.2) is 48.6 Å². The Morgan fingerprint density at radius 3 is 2.31 bits per heavy atom. The first-order valence-electron chi connectivity index (χ1n) is 10.5. The summed E-state index contributed by atoms with van der Waals surface area (Å²) in [5, 5.41) is 0.461. The van der Waals surface area contributed by atoms with Gasteiger partial charge in [-0.2, -0.15) is 0 Å². The van der Waals surface area contributed by atoms with Crippen molar-refractivity contribution in [3.8, 4) is 16.9 Å². The summed E-state index contributed by atoms with van der Waals surface area (Å²) in [6, 6.07) is 11.7.